The third kappa shape index (κ3) is 3.86. The summed E-state index contributed by atoms with van der Waals surface area (Å²) < 4.78 is 10.5. The van der Waals surface area contributed by atoms with Crippen molar-refractivity contribution in [2.75, 3.05) is 35.7 Å². The zero-order valence-electron chi connectivity index (χ0n) is 17.8. The number of ether oxygens (including phenoxy) is 1. The van der Waals surface area contributed by atoms with Crippen LogP contribution in [0.4, 0.5) is 23.1 Å². The number of benzene rings is 2. The molecule has 2 aromatic carbocycles. The summed E-state index contributed by atoms with van der Waals surface area (Å²) in [5, 5.41) is 12.9. The first-order valence-corrected chi connectivity index (χ1v) is 10.4. The van der Waals surface area contributed by atoms with Crippen LogP contribution in [-0.4, -0.2) is 40.8 Å². The summed E-state index contributed by atoms with van der Waals surface area (Å²) in [6, 6.07) is 15.0. The third-order valence-electron chi connectivity index (χ3n) is 5.59. The molecular weight excluding hydrogens is 422 g/mol. The molecule has 1 unspecified atom stereocenters. The Hall–Kier alpha value is -4.36. The van der Waals surface area contributed by atoms with Crippen molar-refractivity contribution >= 4 is 34.2 Å². The molecule has 0 amide bonds. The number of nitrogens with zero attached hydrogens (tertiary/aromatic N) is 4. The molecule has 166 valence electrons. The van der Waals surface area contributed by atoms with Crippen molar-refractivity contribution < 1.29 is 9.15 Å². The number of rotatable bonds is 4. The molecule has 0 bridgehead atoms. The summed E-state index contributed by atoms with van der Waals surface area (Å²) in [5.41, 5.74) is 11.0. The normalized spacial score (nSPS) is 16.0. The van der Waals surface area contributed by atoms with Crippen LogP contribution in [0, 0.1) is 18.3 Å². The van der Waals surface area contributed by atoms with Gasteiger partial charge in [0.1, 0.15) is 11.9 Å². The molecule has 10 nitrogen and oxygen atoms in total. The van der Waals surface area contributed by atoms with Gasteiger partial charge in [0.25, 0.3) is 0 Å². The van der Waals surface area contributed by atoms with E-state index in [0.717, 1.165) is 16.8 Å². The smallest absolute Gasteiger partial charge is 0.408 e. The van der Waals surface area contributed by atoms with Gasteiger partial charge in [0.05, 0.1) is 30.5 Å². The number of hydrogen-bond acceptors (Lipinski definition) is 9. The van der Waals surface area contributed by atoms with Crippen LogP contribution in [-0.2, 0) is 4.74 Å². The number of para-hydroxylation sites is 1. The van der Waals surface area contributed by atoms with E-state index in [0.29, 0.717) is 48.1 Å². The Bertz CT molecular complexity index is 1440. The number of nitrogens with one attached hydrogen (secondary N) is 2. The number of H-pyrrole nitrogens is 1. The minimum absolute atomic E-state index is 0.115. The van der Waals surface area contributed by atoms with Gasteiger partial charge < -0.3 is 25.1 Å². The SMILES string of the molecule is Cc1c(Nc2ccc3oc(=O)[nH]c3c2)nc(N)nc1-c1ccccc1N1CCOCC1C#N. The summed E-state index contributed by atoms with van der Waals surface area (Å²) in [4.78, 5) is 25.0. The molecule has 1 saturated heterocycles. The van der Waals surface area contributed by atoms with Crippen molar-refractivity contribution in [3.63, 3.8) is 0 Å². The fraction of sp³-hybridized carbons (Fsp3) is 0.217. The highest BCUT2D eigenvalue weighted by atomic mass is 16.5. The lowest BCUT2D eigenvalue weighted by atomic mass is 10.0. The standard InChI is InChI=1S/C23H21N7O3/c1-13-20(16-4-2-3-5-18(16)30-8-9-32-12-15(30)11-24)28-22(25)29-21(13)26-14-6-7-19-17(10-14)27-23(31)33-19/h2-7,10,15H,8-9,12H2,1H3,(H,27,31)(H3,25,26,28,29). The molecule has 0 radical (unpaired) electrons. The lowest BCUT2D eigenvalue weighted by Crippen LogP contribution is -2.45. The molecule has 10 heteroatoms. The summed E-state index contributed by atoms with van der Waals surface area (Å²) in [6.45, 7) is 3.40. The van der Waals surface area contributed by atoms with Gasteiger partial charge in [-0.3, -0.25) is 4.98 Å². The highest BCUT2D eigenvalue weighted by Gasteiger charge is 2.26. The second-order valence-corrected chi connectivity index (χ2v) is 7.68. The van der Waals surface area contributed by atoms with Gasteiger partial charge in [-0.1, -0.05) is 18.2 Å². The molecule has 1 fully saturated rings. The van der Waals surface area contributed by atoms with Crippen LogP contribution in [0.15, 0.2) is 51.7 Å². The maximum atomic E-state index is 11.5. The van der Waals surface area contributed by atoms with Crippen LogP contribution < -0.4 is 21.7 Å². The van der Waals surface area contributed by atoms with Gasteiger partial charge in [0, 0.05) is 29.0 Å². The summed E-state index contributed by atoms with van der Waals surface area (Å²) >= 11 is 0. The molecular formula is C23H21N7O3. The Morgan fingerprint density at radius 1 is 1.27 bits per heavy atom. The fourth-order valence-corrected chi connectivity index (χ4v) is 4.01. The van der Waals surface area contributed by atoms with E-state index in [1.54, 1.807) is 18.2 Å². The average molecular weight is 443 g/mol. The van der Waals surface area contributed by atoms with Crippen molar-refractivity contribution in [2.24, 2.45) is 0 Å². The molecule has 1 aliphatic rings. The fourth-order valence-electron chi connectivity index (χ4n) is 4.01. The molecule has 5 rings (SSSR count). The van der Waals surface area contributed by atoms with E-state index in [9.17, 15) is 10.1 Å². The maximum absolute atomic E-state index is 11.5. The first-order chi connectivity index (χ1) is 16.0. The number of aromatic amines is 1. The Morgan fingerprint density at radius 3 is 2.97 bits per heavy atom. The number of anilines is 4. The topological polar surface area (TPSA) is 146 Å². The number of fused-ring (bicyclic) bond motifs is 1. The molecule has 33 heavy (non-hydrogen) atoms. The number of morpholine rings is 1. The summed E-state index contributed by atoms with van der Waals surface area (Å²) in [7, 11) is 0. The molecule has 1 atom stereocenters. The minimum atomic E-state index is -0.512. The molecule has 0 spiro atoms. The van der Waals surface area contributed by atoms with Crippen molar-refractivity contribution in [3.8, 4) is 17.3 Å². The highest BCUT2D eigenvalue weighted by Crippen LogP contribution is 2.36. The molecule has 0 aliphatic carbocycles. The molecule has 0 saturated carbocycles. The molecule has 3 heterocycles. The number of oxazole rings is 1. The van der Waals surface area contributed by atoms with E-state index in [1.165, 1.54) is 0 Å². The van der Waals surface area contributed by atoms with Crippen molar-refractivity contribution in [1.82, 2.24) is 15.0 Å². The Morgan fingerprint density at radius 2 is 2.12 bits per heavy atom. The number of nitrogens with two attached hydrogens (primary N) is 1. The lowest BCUT2D eigenvalue weighted by Gasteiger charge is -2.34. The van der Waals surface area contributed by atoms with E-state index >= 15 is 0 Å². The highest BCUT2D eigenvalue weighted by molar-refractivity contribution is 5.83. The van der Waals surface area contributed by atoms with E-state index in [-0.39, 0.29) is 12.0 Å². The van der Waals surface area contributed by atoms with Gasteiger partial charge >= 0.3 is 5.76 Å². The van der Waals surface area contributed by atoms with Gasteiger partial charge in [-0.25, -0.2) is 9.78 Å². The minimum Gasteiger partial charge on any atom is -0.408 e. The van der Waals surface area contributed by atoms with E-state index in [2.05, 4.69) is 26.3 Å². The first-order valence-electron chi connectivity index (χ1n) is 10.4. The number of aromatic nitrogens is 3. The Kier molecular flexibility index (Phi) is 5.16. The predicted molar refractivity (Wildman–Crippen MR) is 124 cm³/mol. The van der Waals surface area contributed by atoms with Crippen molar-refractivity contribution in [1.29, 1.82) is 5.26 Å². The van der Waals surface area contributed by atoms with Crippen LogP contribution in [0.25, 0.3) is 22.4 Å². The van der Waals surface area contributed by atoms with E-state index < -0.39 is 5.76 Å². The second-order valence-electron chi connectivity index (χ2n) is 7.68. The zero-order chi connectivity index (χ0) is 22.9. The van der Waals surface area contributed by atoms with Gasteiger partial charge in [-0.2, -0.15) is 10.2 Å². The van der Waals surface area contributed by atoms with Crippen LogP contribution in [0.3, 0.4) is 0 Å². The van der Waals surface area contributed by atoms with E-state index in [1.807, 2.05) is 36.1 Å². The van der Waals surface area contributed by atoms with Crippen molar-refractivity contribution in [3.05, 3.63) is 58.6 Å². The predicted octanol–water partition coefficient (Wildman–Crippen LogP) is 2.94. The monoisotopic (exact) mass is 443 g/mol. The van der Waals surface area contributed by atoms with Crippen LogP contribution >= 0.6 is 0 Å². The summed E-state index contributed by atoms with van der Waals surface area (Å²) in [5.74, 6) is 0.142. The summed E-state index contributed by atoms with van der Waals surface area (Å²) in [6.07, 6.45) is 0. The second kappa shape index (κ2) is 8.29. The van der Waals surface area contributed by atoms with Crippen molar-refractivity contribution in [2.45, 2.75) is 13.0 Å². The number of hydrogen-bond donors (Lipinski definition) is 3. The quantitative estimate of drug-likeness (QED) is 0.433. The number of nitriles is 1. The molecule has 1 aliphatic heterocycles. The van der Waals surface area contributed by atoms with Crippen LogP contribution in [0.2, 0.25) is 0 Å². The van der Waals surface area contributed by atoms with Gasteiger partial charge in [0.2, 0.25) is 5.95 Å². The largest absolute Gasteiger partial charge is 0.417 e. The first kappa shape index (κ1) is 20.5. The van der Waals surface area contributed by atoms with Gasteiger partial charge in [0.15, 0.2) is 5.58 Å². The van der Waals surface area contributed by atoms with Gasteiger partial charge in [-0.05, 0) is 31.2 Å². The van der Waals surface area contributed by atoms with Crippen LogP contribution in [0.1, 0.15) is 5.56 Å². The Labute approximate surface area is 188 Å². The molecule has 2 aromatic heterocycles. The maximum Gasteiger partial charge on any atom is 0.417 e. The molecule has 4 aromatic rings. The van der Waals surface area contributed by atoms with E-state index in [4.69, 9.17) is 14.9 Å². The average Bonchev–Trinajstić information content (AvgIpc) is 3.20. The molecule has 4 N–H and O–H groups in total. The third-order valence-corrected chi connectivity index (χ3v) is 5.59. The number of nitrogen functional groups attached to an aromatic ring is 1. The van der Waals surface area contributed by atoms with Crippen LogP contribution in [0.5, 0.6) is 0 Å². The Balaban J connectivity index is 1.56. The zero-order valence-corrected chi connectivity index (χ0v) is 17.8. The lowest BCUT2D eigenvalue weighted by molar-refractivity contribution is 0.107. The van der Waals surface area contributed by atoms with Gasteiger partial charge in [-0.15, -0.1) is 0 Å².